The number of carboxylic acids is 1. The highest BCUT2D eigenvalue weighted by Gasteiger charge is 2.10. The highest BCUT2D eigenvalue weighted by molar-refractivity contribution is 7.09. The summed E-state index contributed by atoms with van der Waals surface area (Å²) in [6.45, 7) is 2.82. The van der Waals surface area contributed by atoms with Crippen LogP contribution in [0.25, 0.3) is 0 Å². The molecule has 0 bridgehead atoms. The number of hydrogen-bond acceptors (Lipinski definition) is 4. The molecule has 0 spiro atoms. The maximum absolute atomic E-state index is 10.3. The fourth-order valence-electron chi connectivity index (χ4n) is 1.33. The molecular weight excluding hydrogens is 212 g/mol. The zero-order valence-corrected chi connectivity index (χ0v) is 9.59. The first-order chi connectivity index (χ1) is 7.24. The Labute approximate surface area is 93.4 Å². The lowest BCUT2D eigenvalue weighted by Gasteiger charge is -2.13. The maximum Gasteiger partial charge on any atom is 0.303 e. The number of hydrogen-bond donors (Lipinski definition) is 2. The summed E-state index contributed by atoms with van der Waals surface area (Å²) in [4.78, 5) is 14.5. The van der Waals surface area contributed by atoms with E-state index in [1.807, 2.05) is 5.38 Å². The first-order valence-electron chi connectivity index (χ1n) is 5.08. The van der Waals surface area contributed by atoms with Crippen LogP contribution < -0.4 is 5.32 Å². The standard InChI is InChI=1S/C10H16N2O2S/c1-2-8(10-12-6-7-15-10)11-5-3-4-9(13)14/h6-8,11H,2-5H2,1H3,(H,13,14). The van der Waals surface area contributed by atoms with Gasteiger partial charge in [0, 0.05) is 18.0 Å². The lowest BCUT2D eigenvalue weighted by molar-refractivity contribution is -0.137. The summed E-state index contributed by atoms with van der Waals surface area (Å²) < 4.78 is 0. The average molecular weight is 228 g/mol. The van der Waals surface area contributed by atoms with Crippen molar-refractivity contribution in [1.29, 1.82) is 0 Å². The van der Waals surface area contributed by atoms with E-state index in [9.17, 15) is 4.79 Å². The topological polar surface area (TPSA) is 62.2 Å². The van der Waals surface area contributed by atoms with E-state index in [-0.39, 0.29) is 12.5 Å². The highest BCUT2D eigenvalue weighted by atomic mass is 32.1. The van der Waals surface area contributed by atoms with Gasteiger partial charge in [-0.2, -0.15) is 0 Å². The third-order valence-corrected chi connectivity index (χ3v) is 3.01. The number of thiazole rings is 1. The lowest BCUT2D eigenvalue weighted by atomic mass is 10.2. The summed E-state index contributed by atoms with van der Waals surface area (Å²) in [5, 5.41) is 14.8. The predicted octanol–water partition coefficient (Wildman–Crippen LogP) is 2.05. The maximum atomic E-state index is 10.3. The van der Waals surface area contributed by atoms with Crippen molar-refractivity contribution < 1.29 is 9.90 Å². The van der Waals surface area contributed by atoms with Crippen molar-refractivity contribution in [2.45, 2.75) is 32.2 Å². The number of aliphatic carboxylic acids is 1. The second kappa shape index (κ2) is 6.53. The molecule has 1 atom stereocenters. The van der Waals surface area contributed by atoms with E-state index < -0.39 is 5.97 Å². The van der Waals surface area contributed by atoms with E-state index in [1.54, 1.807) is 17.5 Å². The molecule has 1 aromatic heterocycles. The summed E-state index contributed by atoms with van der Waals surface area (Å²) in [5.74, 6) is -0.737. The van der Waals surface area contributed by atoms with Gasteiger partial charge in [-0.1, -0.05) is 6.92 Å². The molecule has 1 rings (SSSR count). The van der Waals surface area contributed by atoms with Crippen molar-refractivity contribution in [2.24, 2.45) is 0 Å². The molecule has 4 nitrogen and oxygen atoms in total. The molecule has 15 heavy (non-hydrogen) atoms. The fraction of sp³-hybridized carbons (Fsp3) is 0.600. The molecule has 0 aliphatic carbocycles. The Morgan fingerprint density at radius 1 is 1.73 bits per heavy atom. The van der Waals surface area contributed by atoms with Crippen LogP contribution in [-0.4, -0.2) is 22.6 Å². The summed E-state index contributed by atoms with van der Waals surface area (Å²) in [7, 11) is 0. The minimum absolute atomic E-state index is 0.224. The van der Waals surface area contributed by atoms with Crippen molar-refractivity contribution in [3.63, 3.8) is 0 Å². The summed E-state index contributed by atoms with van der Waals surface area (Å²) in [6, 6.07) is 0.263. The van der Waals surface area contributed by atoms with Gasteiger partial charge in [0.05, 0.1) is 6.04 Å². The van der Waals surface area contributed by atoms with Crippen molar-refractivity contribution in [3.05, 3.63) is 16.6 Å². The van der Waals surface area contributed by atoms with Gasteiger partial charge in [-0.05, 0) is 19.4 Å². The predicted molar refractivity (Wildman–Crippen MR) is 60.0 cm³/mol. The van der Waals surface area contributed by atoms with Crippen LogP contribution in [0.2, 0.25) is 0 Å². The van der Waals surface area contributed by atoms with E-state index in [4.69, 9.17) is 5.11 Å². The van der Waals surface area contributed by atoms with Crippen LogP contribution in [0, 0.1) is 0 Å². The number of aromatic nitrogens is 1. The van der Waals surface area contributed by atoms with E-state index >= 15 is 0 Å². The van der Waals surface area contributed by atoms with E-state index in [0.29, 0.717) is 6.42 Å². The monoisotopic (exact) mass is 228 g/mol. The van der Waals surface area contributed by atoms with E-state index in [2.05, 4.69) is 17.2 Å². The smallest absolute Gasteiger partial charge is 0.303 e. The molecular formula is C10H16N2O2S. The largest absolute Gasteiger partial charge is 0.481 e. The molecule has 84 valence electrons. The van der Waals surface area contributed by atoms with Gasteiger partial charge >= 0.3 is 5.97 Å². The Balaban J connectivity index is 2.26. The van der Waals surface area contributed by atoms with Gasteiger partial charge in [0.2, 0.25) is 0 Å². The molecule has 2 N–H and O–H groups in total. The third kappa shape index (κ3) is 4.40. The van der Waals surface area contributed by atoms with Gasteiger partial charge in [-0.25, -0.2) is 4.98 Å². The second-order valence-corrected chi connectivity index (χ2v) is 4.21. The van der Waals surface area contributed by atoms with Crippen LogP contribution in [0.4, 0.5) is 0 Å². The quantitative estimate of drug-likeness (QED) is 0.701. The average Bonchev–Trinajstić information content (AvgIpc) is 2.70. The number of carbonyl (C=O) groups is 1. The molecule has 5 heteroatoms. The first-order valence-corrected chi connectivity index (χ1v) is 5.96. The molecule has 0 aromatic carbocycles. The minimum atomic E-state index is -0.737. The number of nitrogens with one attached hydrogen (secondary N) is 1. The minimum Gasteiger partial charge on any atom is -0.481 e. The van der Waals surface area contributed by atoms with Gasteiger partial charge < -0.3 is 10.4 Å². The Morgan fingerprint density at radius 3 is 3.07 bits per heavy atom. The van der Waals surface area contributed by atoms with Crippen molar-refractivity contribution >= 4 is 17.3 Å². The highest BCUT2D eigenvalue weighted by Crippen LogP contribution is 2.18. The van der Waals surface area contributed by atoms with E-state index in [1.165, 1.54) is 0 Å². The molecule has 0 amide bonds. The molecule has 0 aliphatic heterocycles. The Kier molecular flexibility index (Phi) is 5.28. The molecule has 0 fully saturated rings. The van der Waals surface area contributed by atoms with Crippen LogP contribution in [-0.2, 0) is 4.79 Å². The SMILES string of the molecule is CCC(NCCCC(=O)O)c1nccs1. The van der Waals surface area contributed by atoms with Crippen molar-refractivity contribution in [1.82, 2.24) is 10.3 Å². The Bertz CT molecular complexity index is 288. The van der Waals surface area contributed by atoms with Crippen molar-refractivity contribution in [2.75, 3.05) is 6.54 Å². The molecule has 0 saturated heterocycles. The number of nitrogens with zero attached hydrogens (tertiary/aromatic N) is 1. The van der Waals surface area contributed by atoms with Gasteiger partial charge in [0.25, 0.3) is 0 Å². The van der Waals surface area contributed by atoms with Gasteiger partial charge in [-0.15, -0.1) is 11.3 Å². The third-order valence-electron chi connectivity index (χ3n) is 2.12. The zero-order chi connectivity index (χ0) is 11.1. The summed E-state index contributed by atoms with van der Waals surface area (Å²) in [5.41, 5.74) is 0. The van der Waals surface area contributed by atoms with Crippen LogP contribution >= 0.6 is 11.3 Å². The molecule has 0 saturated carbocycles. The van der Waals surface area contributed by atoms with Gasteiger partial charge in [-0.3, -0.25) is 4.79 Å². The Morgan fingerprint density at radius 2 is 2.53 bits per heavy atom. The molecule has 1 unspecified atom stereocenters. The summed E-state index contributed by atoms with van der Waals surface area (Å²) >= 11 is 1.63. The van der Waals surface area contributed by atoms with E-state index in [0.717, 1.165) is 18.0 Å². The molecule has 1 heterocycles. The zero-order valence-electron chi connectivity index (χ0n) is 8.77. The Hall–Kier alpha value is -0.940. The lowest BCUT2D eigenvalue weighted by Crippen LogP contribution is -2.22. The van der Waals surface area contributed by atoms with Crippen LogP contribution in [0.5, 0.6) is 0 Å². The van der Waals surface area contributed by atoms with Crippen LogP contribution in [0.15, 0.2) is 11.6 Å². The fourth-order valence-corrected chi connectivity index (χ4v) is 2.13. The number of carboxylic acid groups (broad SMARTS) is 1. The van der Waals surface area contributed by atoms with Crippen molar-refractivity contribution in [3.8, 4) is 0 Å². The molecule has 1 aromatic rings. The normalized spacial score (nSPS) is 12.6. The summed E-state index contributed by atoms with van der Waals surface area (Å²) in [6.07, 6.45) is 3.65. The van der Waals surface area contributed by atoms with Crippen LogP contribution in [0.1, 0.15) is 37.2 Å². The number of rotatable bonds is 7. The molecule has 0 radical (unpaired) electrons. The van der Waals surface area contributed by atoms with Gasteiger partial charge in [0.1, 0.15) is 5.01 Å². The molecule has 0 aliphatic rings. The first kappa shape index (κ1) is 12.1. The van der Waals surface area contributed by atoms with Crippen LogP contribution in [0.3, 0.4) is 0 Å². The van der Waals surface area contributed by atoms with Gasteiger partial charge in [0.15, 0.2) is 0 Å². The second-order valence-electron chi connectivity index (χ2n) is 3.28.